The van der Waals surface area contributed by atoms with Crippen LogP contribution in [0.1, 0.15) is 34.1 Å². The molecule has 0 radical (unpaired) electrons. The Morgan fingerprint density at radius 3 is 2.38 bits per heavy atom. The molecular formula is C14H25NO. The molecule has 0 aromatic carbocycles. The van der Waals surface area contributed by atoms with Crippen molar-refractivity contribution >= 4 is 0 Å². The molecule has 0 aliphatic carbocycles. The van der Waals surface area contributed by atoms with E-state index in [4.69, 9.17) is 5.11 Å². The van der Waals surface area contributed by atoms with Gasteiger partial charge in [0, 0.05) is 19.3 Å². The molecule has 0 fully saturated rings. The summed E-state index contributed by atoms with van der Waals surface area (Å²) in [5.74, 6) is 0. The fourth-order valence-electron chi connectivity index (χ4n) is 1.40. The zero-order valence-electron chi connectivity index (χ0n) is 11.0. The van der Waals surface area contributed by atoms with Gasteiger partial charge in [0.05, 0.1) is 6.61 Å². The van der Waals surface area contributed by atoms with Gasteiger partial charge in [-0.3, -0.25) is 0 Å². The molecule has 0 aromatic heterocycles. The molecule has 0 atom stereocenters. The first-order valence-electron chi connectivity index (χ1n) is 5.99. The lowest BCUT2D eigenvalue weighted by molar-refractivity contribution is 0.236. The minimum absolute atomic E-state index is 0.210. The van der Waals surface area contributed by atoms with Gasteiger partial charge in [0.1, 0.15) is 0 Å². The average molecular weight is 223 g/mol. The molecule has 0 amide bonds. The molecule has 0 aliphatic heterocycles. The molecule has 0 aliphatic rings. The second-order valence-electron chi connectivity index (χ2n) is 3.95. The van der Waals surface area contributed by atoms with Gasteiger partial charge in [-0.2, -0.15) is 0 Å². The molecule has 0 aromatic rings. The van der Waals surface area contributed by atoms with E-state index in [1.165, 1.54) is 11.1 Å². The van der Waals surface area contributed by atoms with E-state index in [9.17, 15) is 0 Å². The number of hydrogen-bond acceptors (Lipinski definition) is 2. The Morgan fingerprint density at radius 1 is 1.19 bits per heavy atom. The van der Waals surface area contributed by atoms with Crippen LogP contribution in [0.15, 0.2) is 35.6 Å². The molecule has 2 heteroatoms. The van der Waals surface area contributed by atoms with Crippen LogP contribution in [0.2, 0.25) is 0 Å². The molecule has 92 valence electrons. The lowest BCUT2D eigenvalue weighted by Gasteiger charge is -2.19. The van der Waals surface area contributed by atoms with Crippen LogP contribution in [-0.4, -0.2) is 29.7 Å². The third-order valence-corrected chi connectivity index (χ3v) is 2.43. The van der Waals surface area contributed by atoms with Crippen molar-refractivity contribution < 1.29 is 5.11 Å². The lowest BCUT2D eigenvalue weighted by Crippen LogP contribution is -2.22. The summed E-state index contributed by atoms with van der Waals surface area (Å²) in [6, 6.07) is 0. The first-order valence-corrected chi connectivity index (χ1v) is 5.99. The summed E-state index contributed by atoms with van der Waals surface area (Å²) in [7, 11) is 0. The van der Waals surface area contributed by atoms with E-state index in [1.807, 2.05) is 19.1 Å². The van der Waals surface area contributed by atoms with Gasteiger partial charge < -0.3 is 10.0 Å². The fourth-order valence-corrected chi connectivity index (χ4v) is 1.40. The number of aliphatic hydroxyl groups is 1. The Kier molecular flexibility index (Phi) is 8.64. The zero-order chi connectivity index (χ0) is 12.4. The highest BCUT2D eigenvalue weighted by Crippen LogP contribution is 2.10. The first-order chi connectivity index (χ1) is 7.65. The standard InChI is InChI=1S/C14H25NO/c1-5-7-8-13(3)14(4)12-15(9-6-2)10-11-16/h5,7-8,12,16H,6,9-11H2,1-4H3/b7-5-,13-8-,14-12+. The Balaban J connectivity index is 4.56. The Hall–Kier alpha value is -1.02. The van der Waals surface area contributed by atoms with Crippen LogP contribution in [0.5, 0.6) is 0 Å². The minimum Gasteiger partial charge on any atom is -0.395 e. The van der Waals surface area contributed by atoms with Gasteiger partial charge in [0.2, 0.25) is 0 Å². The van der Waals surface area contributed by atoms with Crippen LogP contribution >= 0.6 is 0 Å². The lowest BCUT2D eigenvalue weighted by atomic mass is 10.1. The minimum atomic E-state index is 0.210. The van der Waals surface area contributed by atoms with Crippen LogP contribution in [-0.2, 0) is 0 Å². The highest BCUT2D eigenvalue weighted by Gasteiger charge is 1.99. The molecular weight excluding hydrogens is 198 g/mol. The predicted molar refractivity (Wildman–Crippen MR) is 71.3 cm³/mol. The molecule has 16 heavy (non-hydrogen) atoms. The molecule has 2 nitrogen and oxygen atoms in total. The quantitative estimate of drug-likeness (QED) is 0.670. The van der Waals surface area contributed by atoms with Gasteiger partial charge in [0.25, 0.3) is 0 Å². The predicted octanol–water partition coefficient (Wildman–Crippen LogP) is 3.12. The Labute approximate surface area is 100.0 Å². The molecule has 0 heterocycles. The van der Waals surface area contributed by atoms with Crippen molar-refractivity contribution in [1.29, 1.82) is 0 Å². The highest BCUT2D eigenvalue weighted by atomic mass is 16.3. The first kappa shape index (κ1) is 15.0. The van der Waals surface area contributed by atoms with Gasteiger partial charge in [-0.05, 0) is 38.3 Å². The van der Waals surface area contributed by atoms with E-state index >= 15 is 0 Å². The van der Waals surface area contributed by atoms with Crippen molar-refractivity contribution in [2.75, 3.05) is 19.7 Å². The number of rotatable bonds is 7. The second-order valence-corrected chi connectivity index (χ2v) is 3.95. The van der Waals surface area contributed by atoms with Crippen molar-refractivity contribution in [2.24, 2.45) is 0 Å². The fraction of sp³-hybridized carbons (Fsp3) is 0.571. The van der Waals surface area contributed by atoms with Crippen molar-refractivity contribution in [1.82, 2.24) is 4.90 Å². The topological polar surface area (TPSA) is 23.5 Å². The van der Waals surface area contributed by atoms with E-state index in [1.54, 1.807) is 0 Å². The van der Waals surface area contributed by atoms with E-state index in [-0.39, 0.29) is 6.61 Å². The summed E-state index contributed by atoms with van der Waals surface area (Å²) < 4.78 is 0. The van der Waals surface area contributed by atoms with Gasteiger partial charge >= 0.3 is 0 Å². The molecule has 0 rings (SSSR count). The van der Waals surface area contributed by atoms with Crippen molar-refractivity contribution in [3.05, 3.63) is 35.6 Å². The molecule has 0 unspecified atom stereocenters. The summed E-state index contributed by atoms with van der Waals surface area (Å²) in [4.78, 5) is 2.17. The number of nitrogens with zero attached hydrogens (tertiary/aromatic N) is 1. The third-order valence-electron chi connectivity index (χ3n) is 2.43. The SMILES string of the molecule is C\C=C/C=C(C)\C(C)=C\N(CCC)CCO. The molecule has 1 N–H and O–H groups in total. The molecule has 0 saturated carbocycles. The van der Waals surface area contributed by atoms with E-state index in [0.717, 1.165) is 13.0 Å². The summed E-state index contributed by atoms with van der Waals surface area (Å²) in [6.07, 6.45) is 9.41. The molecule has 0 saturated heterocycles. The number of aliphatic hydroxyl groups excluding tert-OH is 1. The molecule has 0 spiro atoms. The van der Waals surface area contributed by atoms with Gasteiger partial charge in [-0.15, -0.1) is 0 Å². The van der Waals surface area contributed by atoms with Crippen LogP contribution in [0.3, 0.4) is 0 Å². The second kappa shape index (κ2) is 9.22. The van der Waals surface area contributed by atoms with Crippen LogP contribution in [0, 0.1) is 0 Å². The molecule has 0 bridgehead atoms. The normalized spacial score (nSPS) is 13.6. The zero-order valence-corrected chi connectivity index (χ0v) is 11.0. The van der Waals surface area contributed by atoms with Gasteiger partial charge in [-0.1, -0.05) is 25.2 Å². The maximum Gasteiger partial charge on any atom is 0.0606 e. The maximum absolute atomic E-state index is 8.96. The van der Waals surface area contributed by atoms with E-state index in [2.05, 4.69) is 37.9 Å². The van der Waals surface area contributed by atoms with Crippen LogP contribution < -0.4 is 0 Å². The van der Waals surface area contributed by atoms with Crippen LogP contribution in [0.4, 0.5) is 0 Å². The smallest absolute Gasteiger partial charge is 0.0606 e. The average Bonchev–Trinajstić information content (AvgIpc) is 2.26. The van der Waals surface area contributed by atoms with Crippen molar-refractivity contribution in [3.63, 3.8) is 0 Å². The largest absolute Gasteiger partial charge is 0.395 e. The van der Waals surface area contributed by atoms with Crippen molar-refractivity contribution in [2.45, 2.75) is 34.1 Å². The van der Waals surface area contributed by atoms with E-state index in [0.29, 0.717) is 6.54 Å². The summed E-state index contributed by atoms with van der Waals surface area (Å²) in [6.45, 7) is 10.3. The summed E-state index contributed by atoms with van der Waals surface area (Å²) >= 11 is 0. The highest BCUT2D eigenvalue weighted by molar-refractivity contribution is 5.29. The number of allylic oxidation sites excluding steroid dienone is 5. The summed E-state index contributed by atoms with van der Waals surface area (Å²) in [5.41, 5.74) is 2.51. The maximum atomic E-state index is 8.96. The third kappa shape index (κ3) is 6.46. The monoisotopic (exact) mass is 223 g/mol. The van der Waals surface area contributed by atoms with Crippen molar-refractivity contribution in [3.8, 4) is 0 Å². The van der Waals surface area contributed by atoms with Gasteiger partial charge in [-0.25, -0.2) is 0 Å². The van der Waals surface area contributed by atoms with Crippen LogP contribution in [0.25, 0.3) is 0 Å². The summed E-state index contributed by atoms with van der Waals surface area (Å²) in [5, 5.41) is 8.96. The Morgan fingerprint density at radius 2 is 1.88 bits per heavy atom. The Bertz CT molecular complexity index is 258. The number of hydrogen-bond donors (Lipinski definition) is 1. The van der Waals surface area contributed by atoms with E-state index < -0.39 is 0 Å². The van der Waals surface area contributed by atoms with Gasteiger partial charge in [0.15, 0.2) is 0 Å².